The first-order valence-corrected chi connectivity index (χ1v) is 7.21. The second kappa shape index (κ2) is 4.15. The van der Waals surface area contributed by atoms with Crippen LogP contribution >= 0.6 is 11.6 Å². The van der Waals surface area contributed by atoms with Crippen LogP contribution in [-0.4, -0.2) is 16.4 Å². The molecule has 0 saturated heterocycles. The van der Waals surface area contributed by atoms with Crippen LogP contribution in [0.1, 0.15) is 22.8 Å². The Morgan fingerprint density at radius 2 is 1.95 bits per heavy atom. The molecule has 6 heteroatoms. The van der Waals surface area contributed by atoms with Gasteiger partial charge in [0.05, 0.1) is 5.69 Å². The number of Topliss-reactive ketones (excluding diaryl/α,β-unsaturated/α-hetero) is 1. The van der Waals surface area contributed by atoms with Crippen LogP contribution in [0.3, 0.4) is 0 Å². The summed E-state index contributed by atoms with van der Waals surface area (Å²) >= 11 is 6.03. The smallest absolute Gasteiger partial charge is 0.221 e. The van der Waals surface area contributed by atoms with Crippen LogP contribution < -0.4 is 5.01 Å². The van der Waals surface area contributed by atoms with Crippen LogP contribution in [0, 0.1) is 0 Å². The molecule has 0 fully saturated rings. The first-order chi connectivity index (χ1) is 10.5. The Bertz CT molecular complexity index is 838. The van der Waals surface area contributed by atoms with Gasteiger partial charge in [-0.3, -0.25) is 4.79 Å². The van der Waals surface area contributed by atoms with E-state index in [-0.39, 0.29) is 5.78 Å². The largest absolute Gasteiger partial charge is 0.363 e. The van der Waals surface area contributed by atoms with Crippen LogP contribution in [0.25, 0.3) is 0 Å². The van der Waals surface area contributed by atoms with E-state index < -0.39 is 11.3 Å². The number of carbonyl (C=O) groups is 1. The van der Waals surface area contributed by atoms with E-state index in [2.05, 4.69) is 10.3 Å². The predicted molar refractivity (Wildman–Crippen MR) is 81.9 cm³/mol. The number of ketones is 1. The van der Waals surface area contributed by atoms with Gasteiger partial charge in [0.15, 0.2) is 11.3 Å². The fourth-order valence-corrected chi connectivity index (χ4v) is 3.33. The highest BCUT2D eigenvalue weighted by atomic mass is 35.5. The van der Waals surface area contributed by atoms with Crippen LogP contribution in [0.5, 0.6) is 0 Å². The minimum Gasteiger partial charge on any atom is -0.363 e. The van der Waals surface area contributed by atoms with Gasteiger partial charge in [-0.2, -0.15) is 5.11 Å². The van der Waals surface area contributed by atoms with Gasteiger partial charge in [-0.25, -0.2) is 5.01 Å². The maximum atomic E-state index is 12.7. The number of hydrogen-bond donors (Lipinski definition) is 1. The predicted octanol–water partition coefficient (Wildman–Crippen LogP) is 3.33. The van der Waals surface area contributed by atoms with Crippen molar-refractivity contribution < 1.29 is 9.90 Å². The van der Waals surface area contributed by atoms with E-state index in [9.17, 15) is 9.90 Å². The third-order valence-electron chi connectivity index (χ3n) is 4.36. The zero-order chi connectivity index (χ0) is 15.5. The molecule has 0 spiro atoms. The number of anilines is 1. The maximum Gasteiger partial charge on any atom is 0.221 e. The molecule has 1 heterocycles. The van der Waals surface area contributed by atoms with Crippen LogP contribution in [-0.2, 0) is 5.72 Å². The summed E-state index contributed by atoms with van der Waals surface area (Å²) in [6, 6.07) is 13.9. The first kappa shape index (κ1) is 13.4. The van der Waals surface area contributed by atoms with Crippen molar-refractivity contribution in [1.82, 2.24) is 0 Å². The molecule has 2 unspecified atom stereocenters. The fourth-order valence-electron chi connectivity index (χ4n) is 3.15. The van der Waals surface area contributed by atoms with Gasteiger partial charge in [0.2, 0.25) is 5.72 Å². The molecular weight excluding hydrogens is 302 g/mol. The Balaban J connectivity index is 1.96. The molecule has 5 nitrogen and oxygen atoms in total. The molecule has 2 aliphatic rings. The van der Waals surface area contributed by atoms with Crippen molar-refractivity contribution in [1.29, 1.82) is 0 Å². The number of hydrogen-bond acceptors (Lipinski definition) is 5. The molecule has 1 aliphatic carbocycles. The normalized spacial score (nSPS) is 28.9. The number of fused-ring (bicyclic) bond motifs is 3. The summed E-state index contributed by atoms with van der Waals surface area (Å²) in [6.45, 7) is 1.60. The summed E-state index contributed by atoms with van der Waals surface area (Å²) in [6.07, 6.45) is 0. The molecule has 2 aromatic carbocycles. The minimum absolute atomic E-state index is 0.237. The molecule has 0 bridgehead atoms. The van der Waals surface area contributed by atoms with Crippen molar-refractivity contribution in [2.24, 2.45) is 10.3 Å². The Morgan fingerprint density at radius 1 is 1.18 bits per heavy atom. The van der Waals surface area contributed by atoms with Gasteiger partial charge in [-0.1, -0.05) is 47.2 Å². The number of halogens is 1. The summed E-state index contributed by atoms with van der Waals surface area (Å²) in [5, 5.41) is 21.4. The SMILES string of the molecule is CC12N=NN(c3cccc(Cl)c3)C1(O)c1ccccc1C2=O. The summed E-state index contributed by atoms with van der Waals surface area (Å²) in [4.78, 5) is 12.7. The van der Waals surface area contributed by atoms with Gasteiger partial charge in [0.1, 0.15) is 0 Å². The van der Waals surface area contributed by atoms with E-state index in [0.29, 0.717) is 21.8 Å². The second-order valence-electron chi connectivity index (χ2n) is 5.60. The Kier molecular flexibility index (Phi) is 2.53. The van der Waals surface area contributed by atoms with Crippen LogP contribution in [0.4, 0.5) is 5.69 Å². The molecular formula is C16H12ClN3O2. The van der Waals surface area contributed by atoms with E-state index in [0.717, 1.165) is 0 Å². The number of aliphatic hydroxyl groups is 1. The van der Waals surface area contributed by atoms with E-state index in [1.807, 2.05) is 0 Å². The number of benzene rings is 2. The molecule has 0 aromatic heterocycles. The molecule has 0 amide bonds. The van der Waals surface area contributed by atoms with Crippen molar-refractivity contribution in [2.75, 3.05) is 5.01 Å². The van der Waals surface area contributed by atoms with Crippen LogP contribution in [0.15, 0.2) is 58.9 Å². The lowest BCUT2D eigenvalue weighted by Crippen LogP contribution is -2.53. The third-order valence-corrected chi connectivity index (χ3v) is 4.60. The minimum atomic E-state index is -1.65. The molecule has 2 aromatic rings. The van der Waals surface area contributed by atoms with Gasteiger partial charge in [0, 0.05) is 16.1 Å². The summed E-state index contributed by atoms with van der Waals surface area (Å²) in [7, 11) is 0. The quantitative estimate of drug-likeness (QED) is 0.878. The van der Waals surface area contributed by atoms with Gasteiger partial charge < -0.3 is 5.11 Å². The van der Waals surface area contributed by atoms with E-state index in [1.165, 1.54) is 5.01 Å². The van der Waals surface area contributed by atoms with Gasteiger partial charge in [-0.15, -0.1) is 0 Å². The average molecular weight is 314 g/mol. The van der Waals surface area contributed by atoms with Gasteiger partial charge in [0.25, 0.3) is 0 Å². The fraction of sp³-hybridized carbons (Fsp3) is 0.188. The van der Waals surface area contributed by atoms with Crippen LogP contribution in [0.2, 0.25) is 5.02 Å². The Morgan fingerprint density at radius 3 is 2.73 bits per heavy atom. The Labute approximate surface area is 131 Å². The van der Waals surface area contributed by atoms with E-state index >= 15 is 0 Å². The molecule has 2 atom stereocenters. The standard InChI is InChI=1S/C16H12ClN3O2/c1-15-14(21)12-7-2-3-8-13(12)16(15,22)20(19-18-15)11-6-4-5-10(17)9-11/h2-9,22H,1H3. The van der Waals surface area contributed by atoms with Gasteiger partial charge >= 0.3 is 0 Å². The molecule has 110 valence electrons. The average Bonchev–Trinajstić information content (AvgIpc) is 2.88. The van der Waals surface area contributed by atoms with Crippen molar-refractivity contribution in [3.05, 3.63) is 64.7 Å². The number of nitrogens with zero attached hydrogens (tertiary/aromatic N) is 3. The number of rotatable bonds is 1. The van der Waals surface area contributed by atoms with Crippen molar-refractivity contribution in [3.8, 4) is 0 Å². The molecule has 0 saturated carbocycles. The van der Waals surface area contributed by atoms with Crippen molar-refractivity contribution in [2.45, 2.75) is 18.2 Å². The summed E-state index contributed by atoms with van der Waals surface area (Å²) in [5.41, 5.74) is -1.46. The van der Waals surface area contributed by atoms with E-state index in [4.69, 9.17) is 11.6 Å². The zero-order valence-corrected chi connectivity index (χ0v) is 12.4. The molecule has 0 radical (unpaired) electrons. The summed E-state index contributed by atoms with van der Waals surface area (Å²) in [5.74, 6) is -0.237. The molecule has 1 N–H and O–H groups in total. The van der Waals surface area contributed by atoms with Crippen molar-refractivity contribution in [3.63, 3.8) is 0 Å². The monoisotopic (exact) mass is 313 g/mol. The zero-order valence-electron chi connectivity index (χ0n) is 11.7. The lowest BCUT2D eigenvalue weighted by molar-refractivity contribution is 0.000897. The highest BCUT2D eigenvalue weighted by Crippen LogP contribution is 2.53. The second-order valence-corrected chi connectivity index (χ2v) is 6.04. The Hall–Kier alpha value is -2.24. The molecule has 1 aliphatic heterocycles. The topological polar surface area (TPSA) is 65.3 Å². The summed E-state index contributed by atoms with van der Waals surface area (Å²) < 4.78 is 0. The first-order valence-electron chi connectivity index (χ1n) is 6.84. The lowest BCUT2D eigenvalue weighted by atomic mass is 9.89. The lowest BCUT2D eigenvalue weighted by Gasteiger charge is -2.35. The van der Waals surface area contributed by atoms with Gasteiger partial charge in [-0.05, 0) is 25.1 Å². The third kappa shape index (κ3) is 1.40. The van der Waals surface area contributed by atoms with Crippen molar-refractivity contribution >= 4 is 23.1 Å². The van der Waals surface area contributed by atoms with E-state index in [1.54, 1.807) is 55.5 Å². The highest BCUT2D eigenvalue weighted by molar-refractivity contribution is 6.30. The molecule has 4 rings (SSSR count). The molecule has 22 heavy (non-hydrogen) atoms. The number of carbonyl (C=O) groups excluding carboxylic acids is 1. The highest BCUT2D eigenvalue weighted by Gasteiger charge is 2.68. The maximum absolute atomic E-state index is 12.7.